The van der Waals surface area contributed by atoms with Crippen LogP contribution in [-0.2, 0) is 9.47 Å². The Balaban J connectivity index is 1.97. The minimum absolute atomic E-state index is 0.115. The highest BCUT2D eigenvalue weighted by Gasteiger charge is 2.41. The van der Waals surface area contributed by atoms with E-state index in [2.05, 4.69) is 5.43 Å². The van der Waals surface area contributed by atoms with Crippen LogP contribution in [0.5, 0.6) is 0 Å². The highest BCUT2D eigenvalue weighted by Crippen LogP contribution is 2.35. The smallest absolute Gasteiger partial charge is 0.0888 e. The van der Waals surface area contributed by atoms with E-state index in [9.17, 15) is 0 Å². The van der Waals surface area contributed by atoms with Gasteiger partial charge < -0.3 is 9.47 Å². The number of rotatable bonds is 5. The average Bonchev–Trinajstić information content (AvgIpc) is 2.89. The largest absolute Gasteiger partial charge is 0.381 e. The lowest BCUT2D eigenvalue weighted by Crippen LogP contribution is -2.57. The molecule has 17 heavy (non-hydrogen) atoms. The van der Waals surface area contributed by atoms with Crippen molar-refractivity contribution in [3.8, 4) is 0 Å². The minimum Gasteiger partial charge on any atom is -0.381 e. The van der Waals surface area contributed by atoms with Crippen molar-refractivity contribution in [2.24, 2.45) is 11.8 Å². The Morgan fingerprint density at radius 2 is 2.00 bits per heavy atom. The van der Waals surface area contributed by atoms with Crippen LogP contribution in [0.3, 0.4) is 0 Å². The van der Waals surface area contributed by atoms with Crippen LogP contribution < -0.4 is 11.3 Å². The monoisotopic (exact) mass is 242 g/mol. The van der Waals surface area contributed by atoms with Crippen LogP contribution in [0.15, 0.2) is 0 Å². The van der Waals surface area contributed by atoms with Gasteiger partial charge in [-0.2, -0.15) is 0 Å². The number of nitrogens with one attached hydrogen (secondary N) is 1. The molecule has 1 saturated heterocycles. The number of nitrogens with two attached hydrogens (primary N) is 1. The molecule has 100 valence electrons. The summed E-state index contributed by atoms with van der Waals surface area (Å²) in [4.78, 5) is 0. The van der Waals surface area contributed by atoms with Gasteiger partial charge in [-0.25, -0.2) is 0 Å². The zero-order valence-corrected chi connectivity index (χ0v) is 10.9. The fourth-order valence-electron chi connectivity index (χ4n) is 3.43. The fraction of sp³-hybridized carbons (Fsp3) is 1.00. The van der Waals surface area contributed by atoms with Crippen LogP contribution in [0.25, 0.3) is 0 Å². The SMILES string of the molecule is COC1(C(CC2CCCC2)NN)CCOCC1. The molecule has 0 spiro atoms. The first-order valence-electron chi connectivity index (χ1n) is 6.90. The summed E-state index contributed by atoms with van der Waals surface area (Å²) in [5, 5.41) is 0. The van der Waals surface area contributed by atoms with Crippen LogP contribution in [0.2, 0.25) is 0 Å². The van der Waals surface area contributed by atoms with E-state index in [0.717, 1.165) is 38.4 Å². The van der Waals surface area contributed by atoms with Gasteiger partial charge in [-0.3, -0.25) is 11.3 Å². The molecule has 0 radical (unpaired) electrons. The van der Waals surface area contributed by atoms with E-state index < -0.39 is 0 Å². The standard InChI is InChI=1S/C13H26N2O2/c1-16-13(6-8-17-9-7-13)12(15-14)10-11-4-2-3-5-11/h11-12,15H,2-10,14H2,1H3. The van der Waals surface area contributed by atoms with Gasteiger partial charge in [-0.05, 0) is 12.3 Å². The van der Waals surface area contributed by atoms with Gasteiger partial charge in [-0.15, -0.1) is 0 Å². The lowest BCUT2D eigenvalue weighted by Gasteiger charge is -2.42. The van der Waals surface area contributed by atoms with Crippen LogP contribution >= 0.6 is 0 Å². The molecule has 2 fully saturated rings. The maximum absolute atomic E-state index is 5.82. The van der Waals surface area contributed by atoms with Crippen molar-refractivity contribution in [3.63, 3.8) is 0 Å². The Hall–Kier alpha value is -0.160. The van der Waals surface area contributed by atoms with Crippen molar-refractivity contribution in [1.29, 1.82) is 0 Å². The lowest BCUT2D eigenvalue weighted by molar-refractivity contribution is -0.114. The number of hydrogen-bond donors (Lipinski definition) is 2. The number of ether oxygens (including phenoxy) is 2. The Kier molecular flexibility index (Phi) is 4.79. The first kappa shape index (κ1) is 13.3. The van der Waals surface area contributed by atoms with E-state index in [1.165, 1.54) is 25.7 Å². The van der Waals surface area contributed by atoms with Gasteiger partial charge >= 0.3 is 0 Å². The van der Waals surface area contributed by atoms with Gasteiger partial charge in [0.2, 0.25) is 0 Å². The first-order chi connectivity index (χ1) is 8.30. The second kappa shape index (κ2) is 6.14. The number of hydrogen-bond acceptors (Lipinski definition) is 4. The summed E-state index contributed by atoms with van der Waals surface area (Å²) >= 11 is 0. The molecule has 1 aliphatic carbocycles. The summed E-state index contributed by atoms with van der Waals surface area (Å²) in [5.41, 5.74) is 2.89. The van der Waals surface area contributed by atoms with Crippen molar-refractivity contribution < 1.29 is 9.47 Å². The molecule has 0 aromatic rings. The lowest BCUT2D eigenvalue weighted by atomic mass is 9.81. The molecule has 0 aromatic carbocycles. The highest BCUT2D eigenvalue weighted by molar-refractivity contribution is 4.95. The predicted molar refractivity (Wildman–Crippen MR) is 67.5 cm³/mol. The van der Waals surface area contributed by atoms with Crippen molar-refractivity contribution >= 4 is 0 Å². The third-order valence-corrected chi connectivity index (χ3v) is 4.63. The third kappa shape index (κ3) is 2.99. The number of methoxy groups -OCH3 is 1. The summed E-state index contributed by atoms with van der Waals surface area (Å²) in [6.07, 6.45) is 8.51. The highest BCUT2D eigenvalue weighted by atomic mass is 16.5. The van der Waals surface area contributed by atoms with Crippen LogP contribution in [0.1, 0.15) is 44.9 Å². The van der Waals surface area contributed by atoms with Crippen molar-refractivity contribution in [3.05, 3.63) is 0 Å². The quantitative estimate of drug-likeness (QED) is 0.568. The molecule has 1 aliphatic heterocycles. The van der Waals surface area contributed by atoms with E-state index in [4.69, 9.17) is 15.3 Å². The van der Waals surface area contributed by atoms with E-state index >= 15 is 0 Å². The zero-order valence-electron chi connectivity index (χ0n) is 10.9. The molecule has 4 nitrogen and oxygen atoms in total. The Bertz CT molecular complexity index is 223. The topological polar surface area (TPSA) is 56.5 Å². The molecule has 1 saturated carbocycles. The second-order valence-corrected chi connectivity index (χ2v) is 5.49. The molecule has 4 heteroatoms. The third-order valence-electron chi connectivity index (χ3n) is 4.63. The first-order valence-corrected chi connectivity index (χ1v) is 6.90. The van der Waals surface area contributed by atoms with Gasteiger partial charge in [0.15, 0.2) is 0 Å². The van der Waals surface area contributed by atoms with E-state index in [1.54, 1.807) is 0 Å². The second-order valence-electron chi connectivity index (χ2n) is 5.49. The molecule has 2 rings (SSSR count). The Morgan fingerprint density at radius 1 is 1.35 bits per heavy atom. The van der Waals surface area contributed by atoms with Crippen molar-refractivity contribution in [2.75, 3.05) is 20.3 Å². The summed E-state index contributed by atoms with van der Waals surface area (Å²) in [7, 11) is 1.81. The molecule has 3 N–H and O–H groups in total. The van der Waals surface area contributed by atoms with Gasteiger partial charge in [0.05, 0.1) is 11.6 Å². The molecule has 1 heterocycles. The molecular weight excluding hydrogens is 216 g/mol. The molecule has 2 aliphatic rings. The van der Waals surface area contributed by atoms with Crippen molar-refractivity contribution in [1.82, 2.24) is 5.43 Å². The van der Waals surface area contributed by atoms with Crippen molar-refractivity contribution in [2.45, 2.75) is 56.6 Å². The summed E-state index contributed by atoms with van der Waals surface area (Å²) in [6, 6.07) is 0.263. The van der Waals surface area contributed by atoms with Gasteiger partial charge in [0.1, 0.15) is 0 Å². The van der Waals surface area contributed by atoms with E-state index in [1.807, 2.05) is 7.11 Å². The molecular formula is C13H26N2O2. The van der Waals surface area contributed by atoms with Crippen LogP contribution in [0.4, 0.5) is 0 Å². The fourth-order valence-corrected chi connectivity index (χ4v) is 3.43. The molecule has 1 atom stereocenters. The summed E-state index contributed by atoms with van der Waals surface area (Å²) < 4.78 is 11.3. The van der Waals surface area contributed by atoms with Crippen LogP contribution in [-0.4, -0.2) is 32.0 Å². The minimum atomic E-state index is -0.115. The average molecular weight is 242 g/mol. The zero-order chi connectivity index (χ0) is 12.1. The van der Waals surface area contributed by atoms with Crippen LogP contribution in [0, 0.1) is 5.92 Å². The maximum Gasteiger partial charge on any atom is 0.0888 e. The summed E-state index contributed by atoms with van der Waals surface area (Å²) in [5.74, 6) is 6.60. The Labute approximate surface area is 104 Å². The van der Waals surface area contributed by atoms with E-state index in [-0.39, 0.29) is 11.6 Å². The summed E-state index contributed by atoms with van der Waals surface area (Å²) in [6.45, 7) is 1.58. The molecule has 0 bridgehead atoms. The predicted octanol–water partition coefficient (Wildman–Crippen LogP) is 1.59. The van der Waals surface area contributed by atoms with E-state index in [0.29, 0.717) is 0 Å². The Morgan fingerprint density at radius 3 is 2.53 bits per heavy atom. The molecule has 0 aromatic heterocycles. The molecule has 0 amide bonds. The van der Waals surface area contributed by atoms with Gasteiger partial charge in [-0.1, -0.05) is 25.7 Å². The van der Waals surface area contributed by atoms with Gasteiger partial charge in [0.25, 0.3) is 0 Å². The number of hydrazine groups is 1. The molecule has 1 unspecified atom stereocenters. The van der Waals surface area contributed by atoms with Gasteiger partial charge in [0, 0.05) is 33.2 Å². The normalized spacial score (nSPS) is 27.2. The maximum atomic E-state index is 5.82.